The number of aryl methyl sites for hydroxylation is 1. The van der Waals surface area contributed by atoms with Gasteiger partial charge in [0.25, 0.3) is 0 Å². The van der Waals surface area contributed by atoms with Gasteiger partial charge in [0.15, 0.2) is 0 Å². The van der Waals surface area contributed by atoms with Gasteiger partial charge in [-0.25, -0.2) is 4.98 Å². The van der Waals surface area contributed by atoms with Gasteiger partial charge in [0.1, 0.15) is 11.3 Å². The Balaban J connectivity index is 2.28. The maximum Gasteiger partial charge on any atom is 0.209 e. The molecule has 88 valence electrons. The molecule has 0 fully saturated rings. The Morgan fingerprint density at radius 3 is 2.61 bits per heavy atom. The first-order valence-electron chi connectivity index (χ1n) is 5.67. The molecular weight excluding hydrogens is 226 g/mol. The highest BCUT2D eigenvalue weighted by Gasteiger charge is 2.13. The van der Waals surface area contributed by atoms with Crippen LogP contribution in [-0.2, 0) is 0 Å². The van der Waals surface area contributed by atoms with Crippen LogP contribution < -0.4 is 0 Å². The van der Waals surface area contributed by atoms with Gasteiger partial charge in [-0.3, -0.25) is 4.40 Å². The number of pyridine rings is 1. The molecule has 0 amide bonds. The van der Waals surface area contributed by atoms with E-state index in [1.165, 1.54) is 5.56 Å². The first-order valence-corrected chi connectivity index (χ1v) is 5.67. The molecule has 2 aromatic heterocycles. The minimum absolute atomic E-state index is 0.342. The molecule has 0 atom stereocenters. The van der Waals surface area contributed by atoms with E-state index in [0.717, 1.165) is 11.2 Å². The van der Waals surface area contributed by atoms with E-state index in [4.69, 9.17) is 0 Å². The normalized spacial score (nSPS) is 10.7. The number of hydrogen-bond donors (Lipinski definition) is 0. The molecule has 4 heteroatoms. The second kappa shape index (κ2) is 4.07. The van der Waals surface area contributed by atoms with Crippen LogP contribution in [0.15, 0.2) is 53.8 Å². The van der Waals surface area contributed by atoms with Gasteiger partial charge in [0.05, 0.1) is 0 Å². The van der Waals surface area contributed by atoms with E-state index in [0.29, 0.717) is 11.5 Å². The number of imidazole rings is 1. The third-order valence-corrected chi connectivity index (χ3v) is 2.92. The van der Waals surface area contributed by atoms with Crippen molar-refractivity contribution in [3.63, 3.8) is 0 Å². The zero-order valence-corrected chi connectivity index (χ0v) is 9.87. The standard InChI is InChI=1S/C14H11N3O/c1-10-5-7-11(8-6-10)13-14(16-18)17-9-3-2-4-12(17)15-13/h2-9H,1H3. The van der Waals surface area contributed by atoms with Crippen molar-refractivity contribution in [2.75, 3.05) is 0 Å². The molecule has 0 saturated heterocycles. The van der Waals surface area contributed by atoms with Crippen molar-refractivity contribution in [3.05, 3.63) is 59.1 Å². The molecule has 0 aliphatic heterocycles. The molecule has 0 N–H and O–H groups in total. The molecule has 18 heavy (non-hydrogen) atoms. The van der Waals surface area contributed by atoms with Gasteiger partial charge >= 0.3 is 0 Å². The summed E-state index contributed by atoms with van der Waals surface area (Å²) < 4.78 is 1.70. The molecular formula is C14H11N3O. The monoisotopic (exact) mass is 237 g/mol. The maximum absolute atomic E-state index is 11.0. The van der Waals surface area contributed by atoms with Crippen LogP contribution in [0.3, 0.4) is 0 Å². The Bertz CT molecular complexity index is 713. The van der Waals surface area contributed by atoms with E-state index in [2.05, 4.69) is 10.2 Å². The number of nitrogens with zero attached hydrogens (tertiary/aromatic N) is 3. The van der Waals surface area contributed by atoms with Gasteiger partial charge in [0.2, 0.25) is 5.82 Å². The van der Waals surface area contributed by atoms with Crippen LogP contribution in [0.5, 0.6) is 0 Å². The minimum atomic E-state index is 0.342. The summed E-state index contributed by atoms with van der Waals surface area (Å²) in [5, 5.41) is 3.11. The van der Waals surface area contributed by atoms with Gasteiger partial charge < -0.3 is 0 Å². The fraction of sp³-hybridized carbons (Fsp3) is 0.0714. The third-order valence-electron chi connectivity index (χ3n) is 2.92. The Hall–Kier alpha value is -2.49. The van der Waals surface area contributed by atoms with Crippen LogP contribution in [0.2, 0.25) is 0 Å². The number of aromatic nitrogens is 2. The van der Waals surface area contributed by atoms with Gasteiger partial charge in [0, 0.05) is 11.8 Å². The number of benzene rings is 1. The summed E-state index contributed by atoms with van der Waals surface area (Å²) in [6.07, 6.45) is 1.79. The van der Waals surface area contributed by atoms with Crippen LogP contribution in [0, 0.1) is 11.8 Å². The largest absolute Gasteiger partial charge is 0.281 e. The molecule has 1 aromatic carbocycles. The summed E-state index contributed by atoms with van der Waals surface area (Å²) in [4.78, 5) is 15.5. The fourth-order valence-electron chi connectivity index (χ4n) is 1.98. The van der Waals surface area contributed by atoms with E-state index in [1.807, 2.05) is 49.4 Å². The van der Waals surface area contributed by atoms with Gasteiger partial charge in [-0.2, -0.15) is 0 Å². The summed E-state index contributed by atoms with van der Waals surface area (Å²) in [5.74, 6) is 0.342. The maximum atomic E-state index is 11.0. The van der Waals surface area contributed by atoms with E-state index in [1.54, 1.807) is 10.6 Å². The zero-order valence-electron chi connectivity index (χ0n) is 9.87. The molecule has 0 aliphatic carbocycles. The van der Waals surface area contributed by atoms with E-state index in [9.17, 15) is 4.91 Å². The molecule has 0 aliphatic rings. The molecule has 3 aromatic rings. The zero-order chi connectivity index (χ0) is 12.5. The Labute approximate surface area is 104 Å². The van der Waals surface area contributed by atoms with Crippen molar-refractivity contribution in [1.29, 1.82) is 0 Å². The van der Waals surface area contributed by atoms with Crippen molar-refractivity contribution in [3.8, 4) is 11.3 Å². The molecule has 0 radical (unpaired) electrons. The van der Waals surface area contributed by atoms with Gasteiger partial charge in [-0.15, -0.1) is 4.91 Å². The minimum Gasteiger partial charge on any atom is -0.281 e. The smallest absolute Gasteiger partial charge is 0.209 e. The van der Waals surface area contributed by atoms with Crippen LogP contribution in [-0.4, -0.2) is 9.38 Å². The Kier molecular flexibility index (Phi) is 2.41. The summed E-state index contributed by atoms with van der Waals surface area (Å²) >= 11 is 0. The lowest BCUT2D eigenvalue weighted by Crippen LogP contribution is -1.81. The van der Waals surface area contributed by atoms with Crippen molar-refractivity contribution in [2.24, 2.45) is 5.18 Å². The van der Waals surface area contributed by atoms with Crippen molar-refractivity contribution < 1.29 is 0 Å². The second-order valence-electron chi connectivity index (χ2n) is 4.17. The van der Waals surface area contributed by atoms with Crippen molar-refractivity contribution >= 4 is 11.5 Å². The number of fused-ring (bicyclic) bond motifs is 1. The average molecular weight is 237 g/mol. The van der Waals surface area contributed by atoms with Crippen molar-refractivity contribution in [2.45, 2.75) is 6.92 Å². The summed E-state index contributed by atoms with van der Waals surface area (Å²) in [6, 6.07) is 13.5. The number of hydrogen-bond acceptors (Lipinski definition) is 3. The number of nitroso groups, excluding NO2 is 1. The molecule has 2 heterocycles. The second-order valence-corrected chi connectivity index (χ2v) is 4.17. The SMILES string of the molecule is Cc1ccc(-c2nc3ccccn3c2N=O)cc1. The van der Waals surface area contributed by atoms with Crippen LogP contribution in [0.25, 0.3) is 16.9 Å². The van der Waals surface area contributed by atoms with E-state index >= 15 is 0 Å². The quantitative estimate of drug-likeness (QED) is 0.638. The first-order chi connectivity index (χ1) is 8.79. The lowest BCUT2D eigenvalue weighted by atomic mass is 10.1. The summed E-state index contributed by atoms with van der Waals surface area (Å²) in [6.45, 7) is 2.02. The predicted molar refractivity (Wildman–Crippen MR) is 70.8 cm³/mol. The Morgan fingerprint density at radius 1 is 1.11 bits per heavy atom. The number of rotatable bonds is 2. The molecule has 3 rings (SSSR count). The summed E-state index contributed by atoms with van der Waals surface area (Å²) in [5.41, 5.74) is 3.42. The molecule has 0 unspecified atom stereocenters. The van der Waals surface area contributed by atoms with Gasteiger partial charge in [-0.1, -0.05) is 35.9 Å². The highest BCUT2D eigenvalue weighted by Crippen LogP contribution is 2.30. The van der Waals surface area contributed by atoms with E-state index in [-0.39, 0.29) is 0 Å². The highest BCUT2D eigenvalue weighted by molar-refractivity contribution is 5.74. The van der Waals surface area contributed by atoms with E-state index < -0.39 is 0 Å². The van der Waals surface area contributed by atoms with Gasteiger partial charge in [-0.05, 0) is 24.2 Å². The molecule has 0 saturated carbocycles. The summed E-state index contributed by atoms with van der Waals surface area (Å²) in [7, 11) is 0. The van der Waals surface area contributed by atoms with Crippen LogP contribution in [0.4, 0.5) is 5.82 Å². The lowest BCUT2D eigenvalue weighted by molar-refractivity contribution is 1.16. The average Bonchev–Trinajstić information content (AvgIpc) is 2.78. The molecule has 0 bridgehead atoms. The van der Waals surface area contributed by atoms with Crippen molar-refractivity contribution in [1.82, 2.24) is 9.38 Å². The van der Waals surface area contributed by atoms with Crippen LogP contribution in [0.1, 0.15) is 5.56 Å². The highest BCUT2D eigenvalue weighted by atomic mass is 16.3. The Morgan fingerprint density at radius 2 is 1.89 bits per heavy atom. The third kappa shape index (κ3) is 1.59. The van der Waals surface area contributed by atoms with Crippen LogP contribution >= 0.6 is 0 Å². The predicted octanol–water partition coefficient (Wildman–Crippen LogP) is 3.71. The fourth-order valence-corrected chi connectivity index (χ4v) is 1.98. The molecule has 0 spiro atoms. The lowest BCUT2D eigenvalue weighted by Gasteiger charge is -1.98. The molecule has 4 nitrogen and oxygen atoms in total. The topological polar surface area (TPSA) is 46.7 Å². The first kappa shape index (κ1) is 10.7.